The van der Waals surface area contributed by atoms with Crippen LogP contribution in [0.25, 0.3) is 10.8 Å². The lowest BCUT2D eigenvalue weighted by Gasteiger charge is -2.12. The van der Waals surface area contributed by atoms with Crippen molar-refractivity contribution in [2.45, 2.75) is 13.0 Å². The predicted octanol–water partition coefficient (Wildman–Crippen LogP) is 1.95. The van der Waals surface area contributed by atoms with E-state index in [1.165, 1.54) is 7.11 Å². The van der Waals surface area contributed by atoms with Gasteiger partial charge in [0.2, 0.25) is 0 Å². The van der Waals surface area contributed by atoms with Crippen LogP contribution >= 0.6 is 0 Å². The number of ether oxygens (including phenoxy) is 1. The van der Waals surface area contributed by atoms with Crippen molar-refractivity contribution < 1.29 is 14.3 Å². The summed E-state index contributed by atoms with van der Waals surface area (Å²) in [6.45, 7) is 1.84. The molecule has 5 nitrogen and oxygen atoms in total. The summed E-state index contributed by atoms with van der Waals surface area (Å²) in [6, 6.07) is 10.6. The van der Waals surface area contributed by atoms with Crippen LogP contribution in [-0.2, 0) is 9.53 Å². The second kappa shape index (κ2) is 6.37. The number of ketones is 1. The number of nitrogens with one attached hydrogen (secondary N) is 1. The molecule has 21 heavy (non-hydrogen) atoms. The minimum atomic E-state index is -0.703. The second-order valence-corrected chi connectivity index (χ2v) is 4.84. The van der Waals surface area contributed by atoms with Crippen molar-refractivity contribution >= 4 is 28.2 Å². The summed E-state index contributed by atoms with van der Waals surface area (Å²) in [5, 5.41) is 5.10. The topological polar surface area (TPSA) is 81.4 Å². The highest BCUT2D eigenvalue weighted by atomic mass is 16.5. The van der Waals surface area contributed by atoms with Crippen LogP contribution in [0.2, 0.25) is 0 Å². The highest BCUT2D eigenvalue weighted by molar-refractivity contribution is 5.99. The van der Waals surface area contributed by atoms with Gasteiger partial charge >= 0.3 is 5.97 Å². The Kier molecular flexibility index (Phi) is 4.55. The molecule has 0 saturated heterocycles. The molecule has 1 atom stereocenters. The molecule has 2 aromatic rings. The molecule has 0 fully saturated rings. The maximum absolute atomic E-state index is 11.4. The third-order valence-corrected chi connectivity index (χ3v) is 3.28. The molecule has 0 bridgehead atoms. The number of carbonyl (C=O) groups is 2. The standard InChI is InChI=1S/C16H18N2O3/c1-10(19)11-3-4-13-8-14(6-5-12(13)7-11)18-9-15(17)16(20)21-2/h3-8,15,18H,9,17H2,1-2H3/t15-/m0/s1. The SMILES string of the molecule is COC(=O)[C@@H](N)CNc1ccc2cc(C(C)=O)ccc2c1. The van der Waals surface area contributed by atoms with Gasteiger partial charge in [-0.15, -0.1) is 0 Å². The lowest BCUT2D eigenvalue weighted by molar-refractivity contribution is -0.141. The Morgan fingerprint density at radius 2 is 1.86 bits per heavy atom. The molecular weight excluding hydrogens is 268 g/mol. The van der Waals surface area contributed by atoms with Gasteiger partial charge in [-0.05, 0) is 35.9 Å². The summed E-state index contributed by atoms with van der Waals surface area (Å²) in [5.41, 5.74) is 7.22. The molecule has 0 saturated carbocycles. The number of anilines is 1. The first-order chi connectivity index (χ1) is 10.0. The summed E-state index contributed by atoms with van der Waals surface area (Å²) in [6.07, 6.45) is 0. The van der Waals surface area contributed by atoms with Crippen molar-refractivity contribution in [1.82, 2.24) is 0 Å². The largest absolute Gasteiger partial charge is 0.468 e. The fourth-order valence-electron chi connectivity index (χ4n) is 2.04. The molecule has 0 unspecified atom stereocenters. The van der Waals surface area contributed by atoms with Gasteiger partial charge in [-0.25, -0.2) is 0 Å². The monoisotopic (exact) mass is 286 g/mol. The van der Waals surface area contributed by atoms with E-state index in [2.05, 4.69) is 10.1 Å². The molecule has 2 rings (SSSR count). The highest BCUT2D eigenvalue weighted by Gasteiger charge is 2.12. The fraction of sp³-hybridized carbons (Fsp3) is 0.250. The summed E-state index contributed by atoms with van der Waals surface area (Å²) in [7, 11) is 1.31. The van der Waals surface area contributed by atoms with Gasteiger partial charge in [0.1, 0.15) is 6.04 Å². The van der Waals surface area contributed by atoms with Crippen molar-refractivity contribution in [3.05, 3.63) is 42.0 Å². The molecule has 2 aromatic carbocycles. The maximum atomic E-state index is 11.4. The Hall–Kier alpha value is -2.40. The zero-order chi connectivity index (χ0) is 15.4. The number of rotatable bonds is 5. The Labute approximate surface area is 123 Å². The van der Waals surface area contributed by atoms with Gasteiger partial charge in [0.25, 0.3) is 0 Å². The van der Waals surface area contributed by atoms with Crippen LogP contribution in [0.4, 0.5) is 5.69 Å². The molecule has 0 radical (unpaired) electrons. The van der Waals surface area contributed by atoms with Gasteiger partial charge in [-0.2, -0.15) is 0 Å². The van der Waals surface area contributed by atoms with Crippen LogP contribution in [0.15, 0.2) is 36.4 Å². The average Bonchev–Trinajstić information content (AvgIpc) is 2.50. The number of hydrogen-bond acceptors (Lipinski definition) is 5. The van der Waals surface area contributed by atoms with Crippen LogP contribution in [0.5, 0.6) is 0 Å². The summed E-state index contributed by atoms with van der Waals surface area (Å²) in [4.78, 5) is 22.6. The molecule has 0 aliphatic rings. The van der Waals surface area contributed by atoms with Crippen molar-refractivity contribution in [2.75, 3.05) is 19.0 Å². The van der Waals surface area contributed by atoms with Crippen molar-refractivity contribution in [3.63, 3.8) is 0 Å². The Balaban J connectivity index is 2.14. The minimum absolute atomic E-state index is 0.0446. The molecule has 0 aliphatic heterocycles. The third kappa shape index (κ3) is 3.58. The zero-order valence-electron chi connectivity index (χ0n) is 12.1. The Morgan fingerprint density at radius 1 is 1.19 bits per heavy atom. The molecule has 0 spiro atoms. The molecule has 0 aliphatic carbocycles. The number of benzene rings is 2. The van der Waals surface area contributed by atoms with E-state index in [0.717, 1.165) is 16.5 Å². The minimum Gasteiger partial charge on any atom is -0.468 e. The van der Waals surface area contributed by atoms with Crippen LogP contribution in [-0.4, -0.2) is 31.4 Å². The molecule has 0 heterocycles. The Bertz CT molecular complexity index is 682. The van der Waals surface area contributed by atoms with Crippen molar-refractivity contribution in [2.24, 2.45) is 5.73 Å². The first kappa shape index (κ1) is 15.0. The van der Waals surface area contributed by atoms with E-state index < -0.39 is 12.0 Å². The summed E-state index contributed by atoms with van der Waals surface area (Å²) in [5.74, 6) is -0.405. The lowest BCUT2D eigenvalue weighted by atomic mass is 10.0. The van der Waals surface area contributed by atoms with E-state index in [9.17, 15) is 9.59 Å². The van der Waals surface area contributed by atoms with Gasteiger partial charge in [-0.3, -0.25) is 9.59 Å². The van der Waals surface area contributed by atoms with Crippen molar-refractivity contribution in [3.8, 4) is 0 Å². The van der Waals surface area contributed by atoms with Gasteiger partial charge in [0.05, 0.1) is 7.11 Å². The van der Waals surface area contributed by atoms with Gasteiger partial charge < -0.3 is 15.8 Å². The number of nitrogens with two attached hydrogens (primary N) is 1. The predicted molar refractivity (Wildman–Crippen MR) is 82.4 cm³/mol. The summed E-state index contributed by atoms with van der Waals surface area (Å²) >= 11 is 0. The van der Waals surface area contributed by atoms with E-state index in [1.54, 1.807) is 13.0 Å². The lowest BCUT2D eigenvalue weighted by Crippen LogP contribution is -2.38. The van der Waals surface area contributed by atoms with Gasteiger partial charge in [0, 0.05) is 17.8 Å². The maximum Gasteiger partial charge on any atom is 0.324 e. The van der Waals surface area contributed by atoms with Crippen LogP contribution in [0, 0.1) is 0 Å². The smallest absolute Gasteiger partial charge is 0.324 e. The van der Waals surface area contributed by atoms with Crippen molar-refractivity contribution in [1.29, 1.82) is 0 Å². The van der Waals surface area contributed by atoms with Gasteiger partial charge in [-0.1, -0.05) is 18.2 Å². The van der Waals surface area contributed by atoms with Crippen LogP contribution < -0.4 is 11.1 Å². The van der Waals surface area contributed by atoms with E-state index in [1.807, 2.05) is 30.3 Å². The third-order valence-electron chi connectivity index (χ3n) is 3.28. The molecule has 3 N–H and O–H groups in total. The molecule has 110 valence electrons. The van der Waals surface area contributed by atoms with E-state index in [4.69, 9.17) is 5.73 Å². The van der Waals surface area contributed by atoms with Crippen LogP contribution in [0.1, 0.15) is 17.3 Å². The first-order valence-corrected chi connectivity index (χ1v) is 6.63. The quantitative estimate of drug-likeness (QED) is 0.648. The molecular formula is C16H18N2O3. The van der Waals surface area contributed by atoms with Crippen LogP contribution in [0.3, 0.4) is 0 Å². The Morgan fingerprint density at radius 3 is 2.52 bits per heavy atom. The fourth-order valence-corrected chi connectivity index (χ4v) is 2.04. The molecule has 0 amide bonds. The average molecular weight is 286 g/mol. The van der Waals surface area contributed by atoms with Gasteiger partial charge in [0.15, 0.2) is 5.78 Å². The van der Waals surface area contributed by atoms with E-state index in [0.29, 0.717) is 12.1 Å². The molecule has 0 aromatic heterocycles. The first-order valence-electron chi connectivity index (χ1n) is 6.63. The number of hydrogen-bond donors (Lipinski definition) is 2. The number of fused-ring (bicyclic) bond motifs is 1. The number of esters is 1. The second-order valence-electron chi connectivity index (χ2n) is 4.84. The van der Waals surface area contributed by atoms with E-state index in [-0.39, 0.29) is 5.78 Å². The number of carbonyl (C=O) groups excluding carboxylic acids is 2. The normalized spacial score (nSPS) is 12.0. The summed E-state index contributed by atoms with van der Waals surface area (Å²) < 4.78 is 4.57. The highest BCUT2D eigenvalue weighted by Crippen LogP contribution is 2.21. The number of methoxy groups -OCH3 is 1. The molecule has 5 heteroatoms. The number of Topliss-reactive ketones (excluding diaryl/α,β-unsaturated/α-hetero) is 1. The zero-order valence-corrected chi connectivity index (χ0v) is 12.1. The van der Waals surface area contributed by atoms with E-state index >= 15 is 0 Å².